The fourth-order valence-electron chi connectivity index (χ4n) is 1.79. The van der Waals surface area contributed by atoms with Gasteiger partial charge < -0.3 is 9.84 Å². The minimum Gasteiger partial charge on any atom is -0.481 e. The van der Waals surface area contributed by atoms with Crippen LogP contribution in [0.25, 0.3) is 0 Å². The molecule has 0 radical (unpaired) electrons. The Labute approximate surface area is 72.7 Å². The highest BCUT2D eigenvalue weighted by Gasteiger charge is 2.61. The number of hydrogen-bond acceptors (Lipinski definition) is 2. The van der Waals surface area contributed by atoms with Gasteiger partial charge in [-0.3, -0.25) is 4.79 Å². The van der Waals surface area contributed by atoms with E-state index >= 15 is 0 Å². The highest BCUT2D eigenvalue weighted by Crippen LogP contribution is 2.58. The van der Waals surface area contributed by atoms with Gasteiger partial charge in [0.1, 0.15) is 0 Å². The number of aliphatic carboxylic acids is 1. The van der Waals surface area contributed by atoms with Gasteiger partial charge in [-0.2, -0.15) is 0 Å². The molecule has 3 heteroatoms. The lowest BCUT2D eigenvalue weighted by Crippen LogP contribution is -2.04. The van der Waals surface area contributed by atoms with Crippen molar-refractivity contribution in [2.45, 2.75) is 20.8 Å². The Kier molecular flexibility index (Phi) is 2.42. The van der Waals surface area contributed by atoms with Crippen molar-refractivity contribution in [1.29, 1.82) is 0 Å². The second-order valence-electron chi connectivity index (χ2n) is 3.90. The summed E-state index contributed by atoms with van der Waals surface area (Å²) in [6.07, 6.45) is 0. The molecular weight excluding hydrogens is 156 g/mol. The van der Waals surface area contributed by atoms with Gasteiger partial charge in [0.15, 0.2) is 0 Å². The quantitative estimate of drug-likeness (QED) is 0.696. The van der Waals surface area contributed by atoms with Crippen LogP contribution in [0.3, 0.4) is 0 Å². The minimum atomic E-state index is -0.690. The van der Waals surface area contributed by atoms with Crippen LogP contribution in [0.1, 0.15) is 20.8 Å². The van der Waals surface area contributed by atoms with Crippen LogP contribution in [-0.4, -0.2) is 24.3 Å². The fourth-order valence-corrected chi connectivity index (χ4v) is 1.79. The molecule has 1 aliphatic carbocycles. The molecule has 0 aromatic rings. The van der Waals surface area contributed by atoms with Gasteiger partial charge in [0.25, 0.3) is 0 Å². The van der Waals surface area contributed by atoms with E-state index in [1.807, 2.05) is 20.8 Å². The van der Waals surface area contributed by atoms with Crippen molar-refractivity contribution in [3.63, 3.8) is 0 Å². The molecule has 70 valence electrons. The van der Waals surface area contributed by atoms with E-state index in [1.54, 1.807) is 0 Å². The van der Waals surface area contributed by atoms with Gasteiger partial charge >= 0.3 is 5.97 Å². The summed E-state index contributed by atoms with van der Waals surface area (Å²) in [6.45, 7) is 7.13. The van der Waals surface area contributed by atoms with E-state index in [1.165, 1.54) is 0 Å². The molecule has 0 aromatic heterocycles. The van der Waals surface area contributed by atoms with Crippen LogP contribution in [-0.2, 0) is 9.53 Å². The summed E-state index contributed by atoms with van der Waals surface area (Å²) >= 11 is 0. The minimum absolute atomic E-state index is 0.0684. The lowest BCUT2D eigenvalue weighted by molar-refractivity contribution is -0.139. The summed E-state index contributed by atoms with van der Waals surface area (Å²) in [6, 6.07) is 0. The maximum Gasteiger partial charge on any atom is 0.307 e. The van der Waals surface area contributed by atoms with E-state index < -0.39 is 5.97 Å². The van der Waals surface area contributed by atoms with Gasteiger partial charge in [0.05, 0.1) is 12.5 Å². The zero-order valence-electron chi connectivity index (χ0n) is 7.83. The second-order valence-corrected chi connectivity index (χ2v) is 3.90. The number of rotatable bonds is 4. The van der Waals surface area contributed by atoms with Gasteiger partial charge in [0, 0.05) is 12.5 Å². The molecule has 0 amide bonds. The number of carboxylic acid groups (broad SMARTS) is 1. The first-order valence-corrected chi connectivity index (χ1v) is 4.32. The molecule has 2 atom stereocenters. The summed E-state index contributed by atoms with van der Waals surface area (Å²) in [5, 5.41) is 8.80. The molecular formula is C9H16O3. The first-order valence-electron chi connectivity index (χ1n) is 4.32. The van der Waals surface area contributed by atoms with E-state index in [-0.39, 0.29) is 17.3 Å². The number of hydrogen-bond donors (Lipinski definition) is 1. The van der Waals surface area contributed by atoms with E-state index in [4.69, 9.17) is 9.84 Å². The number of carboxylic acids is 1. The highest BCUT2D eigenvalue weighted by molar-refractivity contribution is 5.75. The average molecular weight is 172 g/mol. The Hall–Kier alpha value is -0.570. The molecule has 1 saturated carbocycles. The molecule has 0 bridgehead atoms. The Morgan fingerprint density at radius 3 is 2.50 bits per heavy atom. The maximum atomic E-state index is 10.7. The molecule has 1 rings (SSSR count). The van der Waals surface area contributed by atoms with Gasteiger partial charge in [-0.1, -0.05) is 13.8 Å². The van der Waals surface area contributed by atoms with Crippen molar-refractivity contribution in [2.75, 3.05) is 13.2 Å². The summed E-state index contributed by atoms with van der Waals surface area (Å²) in [5.41, 5.74) is -0.0684. The summed E-state index contributed by atoms with van der Waals surface area (Å²) < 4.78 is 5.21. The van der Waals surface area contributed by atoms with Crippen molar-refractivity contribution >= 4 is 5.97 Å². The van der Waals surface area contributed by atoms with E-state index in [2.05, 4.69) is 0 Å². The van der Waals surface area contributed by atoms with Crippen molar-refractivity contribution in [2.24, 2.45) is 17.3 Å². The Balaban J connectivity index is 2.43. The van der Waals surface area contributed by atoms with Crippen LogP contribution in [0.2, 0.25) is 0 Å². The summed E-state index contributed by atoms with van der Waals surface area (Å²) in [5.74, 6) is -0.691. The Bertz CT molecular complexity index is 186. The molecule has 0 heterocycles. The molecule has 0 spiro atoms. The SMILES string of the molecule is CCOCC1C(C(=O)O)C1(C)C. The lowest BCUT2D eigenvalue weighted by Gasteiger charge is -2.01. The maximum absolute atomic E-state index is 10.7. The second kappa shape index (κ2) is 3.05. The monoisotopic (exact) mass is 172 g/mol. The zero-order valence-corrected chi connectivity index (χ0v) is 7.83. The predicted octanol–water partition coefficient (Wildman–Crippen LogP) is 1.38. The van der Waals surface area contributed by atoms with Gasteiger partial charge in [-0.15, -0.1) is 0 Å². The number of carbonyl (C=O) groups is 1. The van der Waals surface area contributed by atoms with Crippen molar-refractivity contribution < 1.29 is 14.6 Å². The van der Waals surface area contributed by atoms with Crippen LogP contribution in [0, 0.1) is 17.3 Å². The van der Waals surface area contributed by atoms with E-state index in [0.29, 0.717) is 13.2 Å². The first kappa shape index (κ1) is 9.52. The van der Waals surface area contributed by atoms with Crippen molar-refractivity contribution in [3.05, 3.63) is 0 Å². The van der Waals surface area contributed by atoms with Crippen LogP contribution in [0.15, 0.2) is 0 Å². The third kappa shape index (κ3) is 1.46. The van der Waals surface area contributed by atoms with Crippen LogP contribution < -0.4 is 0 Å². The van der Waals surface area contributed by atoms with Gasteiger partial charge in [0.2, 0.25) is 0 Å². The standard InChI is InChI=1S/C9H16O3/c1-4-12-5-6-7(8(10)11)9(6,2)3/h6-7H,4-5H2,1-3H3,(H,10,11). The zero-order chi connectivity index (χ0) is 9.35. The van der Waals surface area contributed by atoms with Crippen LogP contribution >= 0.6 is 0 Å². The highest BCUT2D eigenvalue weighted by atomic mass is 16.5. The molecule has 1 aliphatic rings. The Morgan fingerprint density at radius 1 is 1.58 bits per heavy atom. The van der Waals surface area contributed by atoms with Crippen LogP contribution in [0.4, 0.5) is 0 Å². The molecule has 2 unspecified atom stereocenters. The first-order chi connectivity index (χ1) is 5.51. The topological polar surface area (TPSA) is 46.5 Å². The van der Waals surface area contributed by atoms with Gasteiger partial charge in [-0.05, 0) is 12.3 Å². The van der Waals surface area contributed by atoms with Crippen LogP contribution in [0.5, 0.6) is 0 Å². The normalized spacial score (nSPS) is 31.6. The molecule has 3 nitrogen and oxygen atoms in total. The summed E-state index contributed by atoms with van der Waals surface area (Å²) in [7, 11) is 0. The smallest absolute Gasteiger partial charge is 0.307 e. The molecule has 0 saturated heterocycles. The van der Waals surface area contributed by atoms with Crippen molar-refractivity contribution in [3.8, 4) is 0 Å². The number of ether oxygens (including phenoxy) is 1. The molecule has 12 heavy (non-hydrogen) atoms. The third-order valence-electron chi connectivity index (χ3n) is 2.82. The Morgan fingerprint density at radius 2 is 2.17 bits per heavy atom. The predicted molar refractivity (Wildman–Crippen MR) is 44.9 cm³/mol. The van der Waals surface area contributed by atoms with Crippen molar-refractivity contribution in [1.82, 2.24) is 0 Å². The third-order valence-corrected chi connectivity index (χ3v) is 2.82. The molecule has 1 N–H and O–H groups in total. The van der Waals surface area contributed by atoms with E-state index in [9.17, 15) is 4.79 Å². The molecule has 1 fully saturated rings. The lowest BCUT2D eigenvalue weighted by atomic mass is 10.1. The average Bonchev–Trinajstić information content (AvgIpc) is 2.49. The molecule has 0 aliphatic heterocycles. The summed E-state index contributed by atoms with van der Waals surface area (Å²) in [4.78, 5) is 10.7. The largest absolute Gasteiger partial charge is 0.481 e. The van der Waals surface area contributed by atoms with E-state index in [0.717, 1.165) is 0 Å². The fraction of sp³-hybridized carbons (Fsp3) is 0.889. The molecule has 0 aromatic carbocycles. The van der Waals surface area contributed by atoms with Gasteiger partial charge in [-0.25, -0.2) is 0 Å².